The van der Waals surface area contributed by atoms with Crippen molar-refractivity contribution in [2.45, 2.75) is 31.8 Å². The first-order valence-electron chi connectivity index (χ1n) is 8.91. The van der Waals surface area contributed by atoms with E-state index < -0.39 is 5.97 Å². The SMILES string of the molecule is O=C(O)Cn1nccc1C1CCCN(C(=O)Cn2nc3ccccc3n2)C1. The predicted molar refractivity (Wildman–Crippen MR) is 95.9 cm³/mol. The Morgan fingerprint density at radius 3 is 2.56 bits per heavy atom. The van der Waals surface area contributed by atoms with E-state index in [4.69, 9.17) is 5.11 Å². The zero-order valence-corrected chi connectivity index (χ0v) is 14.7. The van der Waals surface area contributed by atoms with Gasteiger partial charge in [0.15, 0.2) is 0 Å². The minimum atomic E-state index is -0.930. The number of hydrogen-bond acceptors (Lipinski definition) is 5. The van der Waals surface area contributed by atoms with Crippen molar-refractivity contribution in [1.82, 2.24) is 29.7 Å². The van der Waals surface area contributed by atoms with Gasteiger partial charge in [-0.25, -0.2) is 0 Å². The van der Waals surface area contributed by atoms with E-state index in [0.717, 1.165) is 29.6 Å². The molecule has 1 atom stereocenters. The topological polar surface area (TPSA) is 106 Å². The van der Waals surface area contributed by atoms with Crippen LogP contribution in [0.25, 0.3) is 11.0 Å². The number of carbonyl (C=O) groups excluding carboxylic acids is 1. The number of amides is 1. The minimum Gasteiger partial charge on any atom is -0.480 e. The van der Waals surface area contributed by atoms with Crippen LogP contribution in [0.1, 0.15) is 24.5 Å². The molecule has 3 aromatic rings. The van der Waals surface area contributed by atoms with E-state index in [1.54, 1.807) is 11.1 Å². The Kier molecular flexibility index (Phi) is 4.57. The standard InChI is InChI=1S/C18H20N6O3/c25-17(11-24-20-14-5-1-2-6-15(14)21-24)22-9-3-4-13(10-22)16-7-8-19-23(16)12-18(26)27/h1-2,5-8,13H,3-4,9-12H2,(H,26,27). The molecular weight excluding hydrogens is 348 g/mol. The number of carbonyl (C=O) groups is 2. The molecule has 1 saturated heterocycles. The Hall–Kier alpha value is -3.23. The minimum absolute atomic E-state index is 0.0377. The summed E-state index contributed by atoms with van der Waals surface area (Å²) in [6, 6.07) is 9.34. The summed E-state index contributed by atoms with van der Waals surface area (Å²) in [4.78, 5) is 27.0. The quantitative estimate of drug-likeness (QED) is 0.723. The van der Waals surface area contributed by atoms with Crippen LogP contribution in [0.3, 0.4) is 0 Å². The lowest BCUT2D eigenvalue weighted by Crippen LogP contribution is -2.41. The predicted octanol–water partition coefficient (Wildman–Crippen LogP) is 1.12. The zero-order chi connectivity index (χ0) is 18.8. The number of nitrogens with zero attached hydrogens (tertiary/aromatic N) is 6. The van der Waals surface area contributed by atoms with E-state index in [9.17, 15) is 9.59 Å². The van der Waals surface area contributed by atoms with Gasteiger partial charge < -0.3 is 10.0 Å². The van der Waals surface area contributed by atoms with Crippen molar-refractivity contribution in [2.75, 3.05) is 13.1 Å². The van der Waals surface area contributed by atoms with E-state index >= 15 is 0 Å². The molecule has 0 bridgehead atoms. The van der Waals surface area contributed by atoms with Gasteiger partial charge in [-0.1, -0.05) is 12.1 Å². The van der Waals surface area contributed by atoms with Gasteiger partial charge in [-0.05, 0) is 31.0 Å². The van der Waals surface area contributed by atoms with Gasteiger partial charge in [-0.2, -0.15) is 20.1 Å². The number of rotatable bonds is 5. The van der Waals surface area contributed by atoms with Crippen LogP contribution < -0.4 is 0 Å². The largest absolute Gasteiger partial charge is 0.480 e. The first-order chi connectivity index (χ1) is 13.1. The summed E-state index contributed by atoms with van der Waals surface area (Å²) >= 11 is 0. The second-order valence-electron chi connectivity index (χ2n) is 6.71. The van der Waals surface area contributed by atoms with Crippen molar-refractivity contribution in [3.05, 3.63) is 42.2 Å². The van der Waals surface area contributed by atoms with Crippen molar-refractivity contribution in [1.29, 1.82) is 0 Å². The number of hydrogen-bond donors (Lipinski definition) is 1. The maximum absolute atomic E-state index is 12.7. The van der Waals surface area contributed by atoms with Crippen molar-refractivity contribution in [3.8, 4) is 0 Å². The molecule has 1 unspecified atom stereocenters. The van der Waals surface area contributed by atoms with Gasteiger partial charge in [0, 0.05) is 30.9 Å². The number of benzene rings is 1. The highest BCUT2D eigenvalue weighted by molar-refractivity contribution is 5.77. The van der Waals surface area contributed by atoms with E-state index in [1.807, 2.05) is 30.3 Å². The van der Waals surface area contributed by atoms with Crippen molar-refractivity contribution in [2.24, 2.45) is 0 Å². The molecule has 3 heterocycles. The Bertz CT molecular complexity index is 945. The second kappa shape index (κ2) is 7.18. The molecule has 1 aliphatic rings. The average molecular weight is 368 g/mol. The van der Waals surface area contributed by atoms with Crippen LogP contribution in [0.2, 0.25) is 0 Å². The molecule has 4 rings (SSSR count). The fourth-order valence-corrected chi connectivity index (χ4v) is 3.59. The third kappa shape index (κ3) is 3.67. The summed E-state index contributed by atoms with van der Waals surface area (Å²) in [5.41, 5.74) is 2.39. The van der Waals surface area contributed by atoms with Crippen molar-refractivity contribution < 1.29 is 14.7 Å². The molecule has 9 nitrogen and oxygen atoms in total. The van der Waals surface area contributed by atoms with Crippen LogP contribution in [-0.4, -0.2) is 59.7 Å². The summed E-state index contributed by atoms with van der Waals surface area (Å²) in [6.07, 6.45) is 3.38. The molecule has 0 saturated carbocycles. The van der Waals surface area contributed by atoms with Gasteiger partial charge in [0.2, 0.25) is 5.91 Å². The normalized spacial score (nSPS) is 17.3. The molecule has 0 aliphatic carbocycles. The summed E-state index contributed by atoms with van der Waals surface area (Å²) in [6.45, 7) is 1.15. The number of aliphatic carboxylic acids is 1. The Morgan fingerprint density at radius 2 is 1.85 bits per heavy atom. The lowest BCUT2D eigenvalue weighted by atomic mass is 9.94. The Morgan fingerprint density at radius 1 is 1.11 bits per heavy atom. The van der Waals surface area contributed by atoms with Gasteiger partial charge >= 0.3 is 5.97 Å². The summed E-state index contributed by atoms with van der Waals surface area (Å²) in [7, 11) is 0. The maximum Gasteiger partial charge on any atom is 0.325 e. The zero-order valence-electron chi connectivity index (χ0n) is 14.7. The van der Waals surface area contributed by atoms with E-state index in [1.165, 1.54) is 9.48 Å². The molecule has 9 heteroatoms. The second-order valence-corrected chi connectivity index (χ2v) is 6.71. The van der Waals surface area contributed by atoms with Crippen LogP contribution in [0.5, 0.6) is 0 Å². The van der Waals surface area contributed by atoms with Gasteiger partial charge in [-0.3, -0.25) is 14.3 Å². The highest BCUT2D eigenvalue weighted by Gasteiger charge is 2.27. The van der Waals surface area contributed by atoms with Gasteiger partial charge in [0.05, 0.1) is 0 Å². The van der Waals surface area contributed by atoms with Crippen LogP contribution in [-0.2, 0) is 22.7 Å². The number of likely N-dealkylation sites (tertiary alicyclic amines) is 1. The highest BCUT2D eigenvalue weighted by Crippen LogP contribution is 2.27. The first kappa shape index (κ1) is 17.2. The molecule has 0 radical (unpaired) electrons. The molecule has 1 fully saturated rings. The van der Waals surface area contributed by atoms with Crippen LogP contribution in [0.15, 0.2) is 36.5 Å². The third-order valence-corrected chi connectivity index (χ3v) is 4.83. The van der Waals surface area contributed by atoms with Gasteiger partial charge in [-0.15, -0.1) is 0 Å². The smallest absolute Gasteiger partial charge is 0.325 e. The number of fused-ring (bicyclic) bond motifs is 1. The summed E-state index contributed by atoms with van der Waals surface area (Å²) in [5.74, 6) is -0.890. The number of aromatic nitrogens is 5. The fraction of sp³-hybridized carbons (Fsp3) is 0.389. The molecule has 140 valence electrons. The number of piperidine rings is 1. The van der Waals surface area contributed by atoms with Gasteiger partial charge in [0.25, 0.3) is 0 Å². The molecule has 0 spiro atoms. The number of carboxylic acids is 1. The summed E-state index contributed by atoms with van der Waals surface area (Å²) < 4.78 is 1.50. The van der Waals surface area contributed by atoms with Crippen molar-refractivity contribution in [3.63, 3.8) is 0 Å². The Labute approximate surface area is 155 Å². The van der Waals surface area contributed by atoms with E-state index in [-0.39, 0.29) is 24.9 Å². The fourth-order valence-electron chi connectivity index (χ4n) is 3.59. The van der Waals surface area contributed by atoms with Crippen LogP contribution in [0, 0.1) is 0 Å². The summed E-state index contributed by atoms with van der Waals surface area (Å²) in [5, 5.41) is 21.8. The van der Waals surface area contributed by atoms with Crippen molar-refractivity contribution >= 4 is 22.9 Å². The van der Waals surface area contributed by atoms with E-state index in [0.29, 0.717) is 13.1 Å². The lowest BCUT2D eigenvalue weighted by molar-refractivity contribution is -0.138. The molecule has 1 amide bonds. The molecule has 1 N–H and O–H groups in total. The lowest BCUT2D eigenvalue weighted by Gasteiger charge is -2.32. The first-order valence-corrected chi connectivity index (χ1v) is 8.91. The maximum atomic E-state index is 12.7. The van der Waals surface area contributed by atoms with Crippen LogP contribution in [0.4, 0.5) is 0 Å². The van der Waals surface area contributed by atoms with Crippen LogP contribution >= 0.6 is 0 Å². The third-order valence-electron chi connectivity index (χ3n) is 4.83. The molecular formula is C18H20N6O3. The van der Waals surface area contributed by atoms with Gasteiger partial charge in [0.1, 0.15) is 24.1 Å². The average Bonchev–Trinajstić information content (AvgIpc) is 3.27. The van der Waals surface area contributed by atoms with E-state index in [2.05, 4.69) is 15.3 Å². The molecule has 1 aromatic carbocycles. The molecule has 2 aromatic heterocycles. The molecule has 1 aliphatic heterocycles. The highest BCUT2D eigenvalue weighted by atomic mass is 16.4. The molecule has 27 heavy (non-hydrogen) atoms. The number of carboxylic acid groups (broad SMARTS) is 1. The Balaban J connectivity index is 1.45. The monoisotopic (exact) mass is 368 g/mol.